The Kier molecular flexibility index (Phi) is 19.5. The van der Waals surface area contributed by atoms with Crippen LogP contribution in [0.15, 0.2) is 29.2 Å². The van der Waals surface area contributed by atoms with Crippen LogP contribution in [0, 0.1) is 6.92 Å². The lowest BCUT2D eigenvalue weighted by molar-refractivity contribution is -0.889. The highest BCUT2D eigenvalue weighted by molar-refractivity contribution is 7.85. The van der Waals surface area contributed by atoms with E-state index in [-0.39, 0.29) is 17.0 Å². The van der Waals surface area contributed by atoms with Crippen LogP contribution < -0.4 is 0 Å². The van der Waals surface area contributed by atoms with Gasteiger partial charge in [0.15, 0.2) is 0 Å². The number of benzene rings is 1. The number of quaternary nitrogens is 1. The molecular formula is C33H59NO5S. The lowest BCUT2D eigenvalue weighted by Gasteiger charge is -2.27. The lowest BCUT2D eigenvalue weighted by Crippen LogP contribution is -2.40. The van der Waals surface area contributed by atoms with Crippen LogP contribution in [0.25, 0.3) is 0 Å². The van der Waals surface area contributed by atoms with Crippen molar-refractivity contribution in [1.82, 2.24) is 0 Å². The predicted molar refractivity (Wildman–Crippen MR) is 164 cm³/mol. The number of aryl methyl sites for hydroxylation is 1. The molecule has 0 radical (unpaired) electrons. The number of hydrogen-bond donors (Lipinski definition) is 0. The van der Waals surface area contributed by atoms with Gasteiger partial charge in [-0.15, -0.1) is 0 Å². The number of nitrogens with zero attached hydrogens (tertiary/aromatic N) is 1. The Bertz CT molecular complexity index is 883. The molecule has 40 heavy (non-hydrogen) atoms. The van der Waals surface area contributed by atoms with Crippen LogP contribution in [0.2, 0.25) is 0 Å². The molecule has 0 aromatic heterocycles. The molecule has 1 saturated heterocycles. The van der Waals surface area contributed by atoms with Gasteiger partial charge >= 0.3 is 5.97 Å². The van der Waals surface area contributed by atoms with E-state index < -0.39 is 10.1 Å². The second-order valence-corrected chi connectivity index (χ2v) is 13.8. The van der Waals surface area contributed by atoms with Crippen molar-refractivity contribution < 1.29 is 27.0 Å². The first-order valence-corrected chi connectivity index (χ1v) is 17.5. The van der Waals surface area contributed by atoms with Crippen molar-refractivity contribution in [2.75, 3.05) is 27.2 Å². The van der Waals surface area contributed by atoms with Gasteiger partial charge in [-0.3, -0.25) is 4.79 Å². The normalized spacial score (nSPS) is 17.0. The van der Waals surface area contributed by atoms with Crippen LogP contribution >= 0.6 is 0 Å². The molecule has 1 aliphatic rings. The third-order valence-corrected chi connectivity index (χ3v) is 8.79. The van der Waals surface area contributed by atoms with Gasteiger partial charge in [0.05, 0.1) is 32.1 Å². The largest absolute Gasteiger partial charge is 0.744 e. The summed E-state index contributed by atoms with van der Waals surface area (Å²) in [5.74, 6) is 0.0388. The van der Waals surface area contributed by atoms with Gasteiger partial charge in [0.25, 0.3) is 0 Å². The highest BCUT2D eigenvalue weighted by Crippen LogP contribution is 2.19. The van der Waals surface area contributed by atoms with Gasteiger partial charge in [-0.25, -0.2) is 8.42 Å². The minimum Gasteiger partial charge on any atom is -0.744 e. The Morgan fingerprint density at radius 3 is 1.75 bits per heavy atom. The van der Waals surface area contributed by atoms with Crippen LogP contribution in [0.3, 0.4) is 0 Å². The van der Waals surface area contributed by atoms with Gasteiger partial charge in [-0.1, -0.05) is 115 Å². The zero-order valence-electron chi connectivity index (χ0n) is 26.1. The van der Waals surface area contributed by atoms with Crippen LogP contribution in [-0.2, 0) is 19.6 Å². The van der Waals surface area contributed by atoms with Crippen molar-refractivity contribution in [2.24, 2.45) is 0 Å². The van der Waals surface area contributed by atoms with E-state index in [1.165, 1.54) is 115 Å². The van der Waals surface area contributed by atoms with Gasteiger partial charge in [0, 0.05) is 19.3 Å². The molecule has 6 nitrogen and oxygen atoms in total. The van der Waals surface area contributed by atoms with Gasteiger partial charge in [-0.2, -0.15) is 0 Å². The maximum atomic E-state index is 12.1. The van der Waals surface area contributed by atoms with E-state index >= 15 is 0 Å². The van der Waals surface area contributed by atoms with Gasteiger partial charge in [0.2, 0.25) is 0 Å². The summed E-state index contributed by atoms with van der Waals surface area (Å²) in [6.45, 7) is 6.43. The predicted octanol–water partition coefficient (Wildman–Crippen LogP) is 8.32. The summed E-state index contributed by atoms with van der Waals surface area (Å²) < 4.78 is 38.0. The summed E-state index contributed by atoms with van der Waals surface area (Å²) in [4.78, 5) is 11.9. The molecular weight excluding hydrogens is 522 g/mol. The number of rotatable bonds is 18. The highest BCUT2D eigenvalue weighted by Gasteiger charge is 2.25. The van der Waals surface area contributed by atoms with E-state index in [1.54, 1.807) is 12.1 Å². The smallest absolute Gasteiger partial charge is 0.306 e. The highest BCUT2D eigenvalue weighted by atomic mass is 32.2. The van der Waals surface area contributed by atoms with E-state index in [0.717, 1.165) is 35.9 Å². The number of hydrogen-bond acceptors (Lipinski definition) is 5. The standard InChI is InChI=1S/C26H52NO2.C7H8O3S/c1-4-5-6-7-8-9-10-11-12-13-14-15-16-17-18-21-26(28)29-25-20-19-23-27(2,3)24-22-25;1-6-2-4-7(5-3-6)11(8,9)10/h25H,4-24H2,1-3H3;2-5H,1H3,(H,8,9,10)/q+1;/p-1. The van der Waals surface area contributed by atoms with Crippen LogP contribution in [0.4, 0.5) is 0 Å². The Balaban J connectivity index is 0.000000603. The SMILES string of the molecule is CCCCCCCCCCCCCCCCCC(=O)OC1CCC[N+](C)(C)CC1.Cc1ccc(S(=O)(=O)[O-])cc1. The zero-order chi connectivity index (χ0) is 29.7. The fourth-order valence-corrected chi connectivity index (χ4v) is 5.67. The van der Waals surface area contributed by atoms with Crippen molar-refractivity contribution in [3.63, 3.8) is 0 Å². The summed E-state index contributed by atoms with van der Waals surface area (Å²) >= 11 is 0. The molecule has 7 heteroatoms. The molecule has 1 fully saturated rings. The van der Waals surface area contributed by atoms with Crippen LogP contribution in [0.5, 0.6) is 0 Å². The van der Waals surface area contributed by atoms with Crippen molar-refractivity contribution >= 4 is 16.1 Å². The molecule has 1 aromatic carbocycles. The quantitative estimate of drug-likeness (QED) is 0.0753. The monoisotopic (exact) mass is 581 g/mol. The van der Waals surface area contributed by atoms with Gasteiger partial charge in [0.1, 0.15) is 16.2 Å². The van der Waals surface area contributed by atoms with E-state index in [4.69, 9.17) is 4.74 Å². The Morgan fingerprint density at radius 1 is 0.800 bits per heavy atom. The molecule has 0 spiro atoms. The topological polar surface area (TPSA) is 83.5 Å². The molecule has 0 bridgehead atoms. The average molecular weight is 582 g/mol. The third kappa shape index (κ3) is 19.6. The first-order valence-electron chi connectivity index (χ1n) is 16.1. The number of likely N-dealkylation sites (tertiary alicyclic amines) is 1. The number of carbonyl (C=O) groups is 1. The summed E-state index contributed by atoms with van der Waals surface area (Å²) in [7, 11) is 0.286. The average Bonchev–Trinajstić information content (AvgIpc) is 3.06. The second kappa shape index (κ2) is 21.3. The van der Waals surface area contributed by atoms with Crippen molar-refractivity contribution in [2.45, 2.75) is 147 Å². The molecule has 1 heterocycles. The molecule has 1 atom stereocenters. The Hall–Kier alpha value is -1.44. The fourth-order valence-electron chi connectivity index (χ4n) is 5.20. The summed E-state index contributed by atoms with van der Waals surface area (Å²) in [6.07, 6.45) is 24.4. The minimum absolute atomic E-state index is 0.0388. The fraction of sp³-hybridized carbons (Fsp3) is 0.788. The molecule has 1 aromatic rings. The van der Waals surface area contributed by atoms with Crippen molar-refractivity contribution in [1.29, 1.82) is 0 Å². The molecule has 0 N–H and O–H groups in total. The van der Waals surface area contributed by atoms with Crippen LogP contribution in [0.1, 0.15) is 134 Å². The number of ether oxygens (including phenoxy) is 1. The minimum atomic E-state index is -4.27. The zero-order valence-corrected chi connectivity index (χ0v) is 26.9. The second-order valence-electron chi connectivity index (χ2n) is 12.4. The van der Waals surface area contributed by atoms with E-state index in [9.17, 15) is 17.8 Å². The van der Waals surface area contributed by atoms with Gasteiger partial charge < -0.3 is 13.8 Å². The molecule has 2 rings (SSSR count). The molecule has 1 unspecified atom stereocenters. The molecule has 1 aliphatic heterocycles. The van der Waals surface area contributed by atoms with Gasteiger partial charge in [-0.05, 0) is 31.9 Å². The van der Waals surface area contributed by atoms with Crippen LogP contribution in [-0.4, -0.2) is 56.7 Å². The van der Waals surface area contributed by atoms with E-state index in [1.807, 2.05) is 6.92 Å². The first kappa shape index (κ1) is 36.6. The third-order valence-electron chi connectivity index (χ3n) is 7.94. The van der Waals surface area contributed by atoms with E-state index in [0.29, 0.717) is 6.42 Å². The number of esters is 1. The Labute approximate surface area is 246 Å². The van der Waals surface area contributed by atoms with E-state index in [2.05, 4.69) is 21.0 Å². The molecule has 232 valence electrons. The maximum Gasteiger partial charge on any atom is 0.306 e. The van der Waals surface area contributed by atoms with Crippen molar-refractivity contribution in [3.8, 4) is 0 Å². The Morgan fingerprint density at radius 2 is 1.27 bits per heavy atom. The summed E-state index contributed by atoms with van der Waals surface area (Å²) in [5.41, 5.74) is 0.928. The number of unbranched alkanes of at least 4 members (excludes halogenated alkanes) is 14. The molecule has 0 saturated carbocycles. The summed E-state index contributed by atoms with van der Waals surface area (Å²) in [5, 5.41) is 0. The maximum absolute atomic E-state index is 12.1. The first-order chi connectivity index (χ1) is 19.0. The lowest BCUT2D eigenvalue weighted by atomic mass is 10.0. The van der Waals surface area contributed by atoms with Crippen molar-refractivity contribution in [3.05, 3.63) is 29.8 Å². The molecule has 0 aliphatic carbocycles. The molecule has 0 amide bonds. The summed E-state index contributed by atoms with van der Waals surface area (Å²) in [6, 6.07) is 5.78. The number of carbonyl (C=O) groups excluding carboxylic acids is 1.